The lowest BCUT2D eigenvalue weighted by atomic mass is 10.0. The van der Waals surface area contributed by atoms with Crippen LogP contribution < -0.4 is 0 Å². The van der Waals surface area contributed by atoms with Gasteiger partial charge in [-0.05, 0) is 51.6 Å². The molecular formula is C25H51NO4. The van der Waals surface area contributed by atoms with Crippen LogP contribution in [-0.2, 0) is 9.47 Å². The Hall–Kier alpha value is -0.810. The number of carbonyl (C=O) groups excluding carboxylic acids is 1. The van der Waals surface area contributed by atoms with Gasteiger partial charge < -0.3 is 19.5 Å². The first-order valence-corrected chi connectivity index (χ1v) is 12.8. The molecule has 0 aliphatic carbocycles. The number of carbonyl (C=O) groups is 1. The Kier molecular flexibility index (Phi) is 22.2. The summed E-state index contributed by atoms with van der Waals surface area (Å²) in [6.45, 7) is 10.1. The van der Waals surface area contributed by atoms with Crippen LogP contribution in [0.1, 0.15) is 117 Å². The van der Waals surface area contributed by atoms with E-state index in [-0.39, 0.29) is 12.7 Å². The second-order valence-electron chi connectivity index (χ2n) is 8.41. The molecule has 0 spiro atoms. The molecule has 0 saturated carbocycles. The summed E-state index contributed by atoms with van der Waals surface area (Å²) in [6.07, 6.45) is 16.6. The van der Waals surface area contributed by atoms with Gasteiger partial charge in [0.2, 0.25) is 0 Å². The number of aliphatic hydroxyl groups excluding tert-OH is 1. The van der Waals surface area contributed by atoms with Crippen LogP contribution >= 0.6 is 0 Å². The number of aliphatic hydroxyl groups is 1. The fourth-order valence-corrected chi connectivity index (χ4v) is 3.76. The summed E-state index contributed by atoms with van der Waals surface area (Å²) in [7, 11) is 0. The van der Waals surface area contributed by atoms with Crippen LogP contribution in [0, 0.1) is 0 Å². The van der Waals surface area contributed by atoms with Gasteiger partial charge in [0.1, 0.15) is 6.10 Å². The van der Waals surface area contributed by atoms with Crippen molar-refractivity contribution in [3.8, 4) is 0 Å². The van der Waals surface area contributed by atoms with Crippen LogP contribution in [0.2, 0.25) is 0 Å². The van der Waals surface area contributed by atoms with Crippen molar-refractivity contribution in [2.24, 2.45) is 0 Å². The van der Waals surface area contributed by atoms with E-state index in [0.29, 0.717) is 6.61 Å². The third-order valence-electron chi connectivity index (χ3n) is 5.81. The first kappa shape index (κ1) is 29.2. The third-order valence-corrected chi connectivity index (χ3v) is 5.81. The molecule has 30 heavy (non-hydrogen) atoms. The summed E-state index contributed by atoms with van der Waals surface area (Å²) < 4.78 is 10.9. The molecule has 180 valence electrons. The fraction of sp³-hybridized carbons (Fsp3) is 0.960. The maximum atomic E-state index is 12.0. The van der Waals surface area contributed by atoms with E-state index in [4.69, 9.17) is 14.6 Å². The van der Waals surface area contributed by atoms with Gasteiger partial charge in [-0.1, -0.05) is 78.6 Å². The van der Waals surface area contributed by atoms with Crippen molar-refractivity contribution in [1.29, 1.82) is 0 Å². The van der Waals surface area contributed by atoms with Crippen LogP contribution in [0.15, 0.2) is 0 Å². The second-order valence-corrected chi connectivity index (χ2v) is 8.41. The average molecular weight is 430 g/mol. The molecule has 0 unspecified atom stereocenters. The molecule has 0 aromatic rings. The smallest absolute Gasteiger partial charge is 0.434 e. The molecular weight excluding hydrogens is 378 g/mol. The monoisotopic (exact) mass is 429 g/mol. The predicted octanol–water partition coefficient (Wildman–Crippen LogP) is 6.71. The van der Waals surface area contributed by atoms with E-state index in [1.54, 1.807) is 0 Å². The largest absolute Gasteiger partial charge is 0.508 e. The van der Waals surface area contributed by atoms with E-state index in [1.165, 1.54) is 57.8 Å². The summed E-state index contributed by atoms with van der Waals surface area (Å²) in [5.41, 5.74) is 0. The molecule has 0 aliphatic rings. The van der Waals surface area contributed by atoms with Crippen molar-refractivity contribution in [3.63, 3.8) is 0 Å². The average Bonchev–Trinajstić information content (AvgIpc) is 2.75. The zero-order chi connectivity index (χ0) is 22.3. The standard InChI is InChI=1S/C25H51NO4/c1-4-7-8-9-10-11-12-13-14-15-19-24(20-16-17-22-27)30-25(28)29-23-18-21-26(5-2)6-3/h24,27H,4-23H2,1-3H3/t24-/m0/s1. The molecule has 5 heteroatoms. The number of unbranched alkanes of at least 4 members (excludes halogenated alkanes) is 10. The van der Waals surface area contributed by atoms with Crippen LogP contribution in [0.4, 0.5) is 4.79 Å². The van der Waals surface area contributed by atoms with Crippen LogP contribution in [0.3, 0.4) is 0 Å². The number of rotatable bonds is 22. The van der Waals surface area contributed by atoms with E-state index in [1.807, 2.05) is 0 Å². The second kappa shape index (κ2) is 22.9. The minimum absolute atomic E-state index is 0.0825. The fourth-order valence-electron chi connectivity index (χ4n) is 3.76. The Balaban J connectivity index is 3.91. The summed E-state index contributed by atoms with van der Waals surface area (Å²) in [5, 5.41) is 9.02. The first-order chi connectivity index (χ1) is 14.7. The Morgan fingerprint density at radius 1 is 0.767 bits per heavy atom. The molecule has 5 nitrogen and oxygen atoms in total. The molecule has 0 bridgehead atoms. The Labute approximate surface area is 186 Å². The Morgan fingerprint density at radius 2 is 1.30 bits per heavy atom. The SMILES string of the molecule is CCCCCCCCCCCC[C@@H](CCCCO)OC(=O)OCCCN(CC)CC. The van der Waals surface area contributed by atoms with Gasteiger partial charge in [-0.2, -0.15) is 0 Å². The first-order valence-electron chi connectivity index (χ1n) is 12.8. The molecule has 0 saturated heterocycles. The topological polar surface area (TPSA) is 59.0 Å². The lowest BCUT2D eigenvalue weighted by Crippen LogP contribution is -2.25. The summed E-state index contributed by atoms with van der Waals surface area (Å²) in [6, 6.07) is 0. The van der Waals surface area contributed by atoms with Crippen LogP contribution in [0.5, 0.6) is 0 Å². The van der Waals surface area contributed by atoms with Gasteiger partial charge in [0.25, 0.3) is 0 Å². The van der Waals surface area contributed by atoms with Crippen molar-refractivity contribution in [2.45, 2.75) is 123 Å². The Morgan fingerprint density at radius 3 is 1.83 bits per heavy atom. The highest BCUT2D eigenvalue weighted by Crippen LogP contribution is 2.16. The zero-order valence-corrected chi connectivity index (χ0v) is 20.3. The normalized spacial score (nSPS) is 12.3. The molecule has 0 heterocycles. The number of nitrogens with zero attached hydrogens (tertiary/aromatic N) is 1. The predicted molar refractivity (Wildman–Crippen MR) is 126 cm³/mol. The summed E-state index contributed by atoms with van der Waals surface area (Å²) in [5.74, 6) is 0. The maximum Gasteiger partial charge on any atom is 0.508 e. The van der Waals surface area contributed by atoms with E-state index >= 15 is 0 Å². The number of hydrogen-bond acceptors (Lipinski definition) is 5. The summed E-state index contributed by atoms with van der Waals surface area (Å²) >= 11 is 0. The third kappa shape index (κ3) is 19.2. The molecule has 0 amide bonds. The van der Waals surface area contributed by atoms with Gasteiger partial charge in [-0.3, -0.25) is 0 Å². The van der Waals surface area contributed by atoms with Gasteiger partial charge in [-0.25, -0.2) is 4.79 Å². The van der Waals surface area contributed by atoms with Crippen molar-refractivity contribution in [3.05, 3.63) is 0 Å². The van der Waals surface area contributed by atoms with Crippen molar-refractivity contribution >= 4 is 6.16 Å². The lowest BCUT2D eigenvalue weighted by Gasteiger charge is -2.19. The number of ether oxygens (including phenoxy) is 2. The van der Waals surface area contributed by atoms with Gasteiger partial charge in [0, 0.05) is 13.2 Å². The zero-order valence-electron chi connectivity index (χ0n) is 20.3. The van der Waals surface area contributed by atoms with E-state index in [9.17, 15) is 4.79 Å². The molecule has 1 N–H and O–H groups in total. The van der Waals surface area contributed by atoms with Crippen LogP contribution in [0.25, 0.3) is 0 Å². The van der Waals surface area contributed by atoms with Crippen molar-refractivity contribution < 1.29 is 19.4 Å². The van der Waals surface area contributed by atoms with Crippen molar-refractivity contribution in [1.82, 2.24) is 4.90 Å². The highest BCUT2D eigenvalue weighted by atomic mass is 16.7. The van der Waals surface area contributed by atoms with E-state index in [2.05, 4.69) is 25.7 Å². The molecule has 0 aromatic carbocycles. The molecule has 0 aliphatic heterocycles. The summed E-state index contributed by atoms with van der Waals surface area (Å²) in [4.78, 5) is 14.4. The van der Waals surface area contributed by atoms with E-state index in [0.717, 1.165) is 58.2 Å². The number of hydrogen-bond donors (Lipinski definition) is 1. The quantitative estimate of drug-likeness (QED) is 0.153. The maximum absolute atomic E-state index is 12.0. The van der Waals surface area contributed by atoms with Crippen molar-refractivity contribution in [2.75, 3.05) is 32.8 Å². The molecule has 0 aromatic heterocycles. The van der Waals surface area contributed by atoms with Crippen LogP contribution in [-0.4, -0.2) is 55.1 Å². The van der Waals surface area contributed by atoms with Gasteiger partial charge >= 0.3 is 6.16 Å². The molecule has 1 atom stereocenters. The lowest BCUT2D eigenvalue weighted by molar-refractivity contribution is 0.0144. The highest BCUT2D eigenvalue weighted by molar-refractivity contribution is 5.60. The highest BCUT2D eigenvalue weighted by Gasteiger charge is 2.15. The van der Waals surface area contributed by atoms with Gasteiger partial charge in [-0.15, -0.1) is 0 Å². The van der Waals surface area contributed by atoms with E-state index < -0.39 is 6.16 Å². The minimum atomic E-state index is -0.532. The van der Waals surface area contributed by atoms with Gasteiger partial charge in [0.15, 0.2) is 0 Å². The Bertz CT molecular complexity index is 361. The van der Waals surface area contributed by atoms with Gasteiger partial charge in [0.05, 0.1) is 6.61 Å². The molecule has 0 fully saturated rings. The molecule has 0 rings (SSSR count). The minimum Gasteiger partial charge on any atom is -0.434 e. The molecule has 0 radical (unpaired) electrons.